The van der Waals surface area contributed by atoms with Crippen LogP contribution in [-0.4, -0.2) is 24.5 Å². The lowest BCUT2D eigenvalue weighted by molar-refractivity contribution is 0.171. The number of hydrogen-bond donors (Lipinski definition) is 1. The highest BCUT2D eigenvalue weighted by Gasteiger charge is 2.33. The average Bonchev–Trinajstić information content (AvgIpc) is 3.15. The Labute approximate surface area is 105 Å². The van der Waals surface area contributed by atoms with Crippen molar-refractivity contribution in [3.63, 3.8) is 0 Å². The van der Waals surface area contributed by atoms with E-state index in [4.69, 9.17) is 5.73 Å². The number of nitrogens with two attached hydrogens (primary N) is 1. The fraction of sp³-hybridized carbons (Fsp3) is 0.600. The topological polar surface area (TPSA) is 29.3 Å². The second-order valence-electron chi connectivity index (χ2n) is 5.35. The number of nitrogens with zero attached hydrogens (tertiary/aromatic N) is 1. The molecule has 0 saturated heterocycles. The summed E-state index contributed by atoms with van der Waals surface area (Å²) in [4.78, 5) is 2.46. The Balaban J connectivity index is 2.17. The fourth-order valence-electron chi connectivity index (χ4n) is 2.67. The van der Waals surface area contributed by atoms with Crippen LogP contribution < -0.4 is 5.73 Å². The molecule has 1 aliphatic rings. The zero-order chi connectivity index (χ0) is 12.4. The van der Waals surface area contributed by atoms with E-state index < -0.39 is 0 Å². The summed E-state index contributed by atoms with van der Waals surface area (Å²) in [5, 5.41) is 0. The summed E-state index contributed by atoms with van der Waals surface area (Å²) >= 11 is 0. The van der Waals surface area contributed by atoms with E-state index in [2.05, 4.69) is 50.1 Å². The van der Waals surface area contributed by atoms with E-state index in [1.165, 1.54) is 24.0 Å². The van der Waals surface area contributed by atoms with Gasteiger partial charge in [-0.15, -0.1) is 0 Å². The molecule has 0 spiro atoms. The third kappa shape index (κ3) is 2.70. The van der Waals surface area contributed by atoms with Gasteiger partial charge in [-0.1, -0.05) is 24.3 Å². The molecule has 1 saturated carbocycles. The van der Waals surface area contributed by atoms with Crippen molar-refractivity contribution in [3.05, 3.63) is 35.4 Å². The van der Waals surface area contributed by atoms with Gasteiger partial charge in [-0.3, -0.25) is 4.90 Å². The van der Waals surface area contributed by atoms with Gasteiger partial charge in [0.25, 0.3) is 0 Å². The van der Waals surface area contributed by atoms with Crippen molar-refractivity contribution in [2.45, 2.75) is 38.8 Å². The molecule has 1 aromatic rings. The monoisotopic (exact) mass is 232 g/mol. The first-order valence-corrected chi connectivity index (χ1v) is 6.62. The summed E-state index contributed by atoms with van der Waals surface area (Å²) in [6.07, 6.45) is 2.77. The summed E-state index contributed by atoms with van der Waals surface area (Å²) in [5.41, 5.74) is 8.72. The Hall–Kier alpha value is -0.860. The van der Waals surface area contributed by atoms with Gasteiger partial charge in [0, 0.05) is 18.6 Å². The first-order valence-electron chi connectivity index (χ1n) is 6.62. The van der Waals surface area contributed by atoms with E-state index in [1.54, 1.807) is 0 Å². The minimum atomic E-state index is 0.354. The van der Waals surface area contributed by atoms with Gasteiger partial charge in [-0.2, -0.15) is 0 Å². The molecular formula is C15H24N2. The Bertz CT molecular complexity index is 371. The lowest BCUT2D eigenvalue weighted by Gasteiger charge is -2.33. The van der Waals surface area contributed by atoms with Crippen molar-refractivity contribution >= 4 is 0 Å². The maximum atomic E-state index is 5.99. The molecule has 2 N–H and O–H groups in total. The second-order valence-corrected chi connectivity index (χ2v) is 5.35. The lowest BCUT2D eigenvalue weighted by atomic mass is 9.98. The molecule has 1 fully saturated rings. The van der Waals surface area contributed by atoms with Gasteiger partial charge in [0.1, 0.15) is 0 Å². The van der Waals surface area contributed by atoms with Gasteiger partial charge in [-0.05, 0) is 50.8 Å². The number of rotatable bonds is 5. The van der Waals surface area contributed by atoms with Gasteiger partial charge in [0.2, 0.25) is 0 Å². The van der Waals surface area contributed by atoms with Crippen LogP contribution in [0.2, 0.25) is 0 Å². The van der Waals surface area contributed by atoms with Crippen LogP contribution in [0.5, 0.6) is 0 Å². The van der Waals surface area contributed by atoms with Gasteiger partial charge in [0.05, 0.1) is 0 Å². The molecule has 2 heteroatoms. The fourth-order valence-corrected chi connectivity index (χ4v) is 2.67. The Kier molecular flexibility index (Phi) is 3.85. The predicted molar refractivity (Wildman–Crippen MR) is 72.9 cm³/mol. The van der Waals surface area contributed by atoms with Crippen molar-refractivity contribution in [1.29, 1.82) is 0 Å². The smallest absolute Gasteiger partial charge is 0.0472 e. The summed E-state index contributed by atoms with van der Waals surface area (Å²) in [5.74, 6) is 0.887. The van der Waals surface area contributed by atoms with Crippen LogP contribution in [0.4, 0.5) is 0 Å². The SMILES string of the molecule is Cc1ccccc1C(CN)N(C)C(C)C1CC1. The first kappa shape index (κ1) is 12.6. The first-order chi connectivity index (χ1) is 8.15. The molecule has 2 nitrogen and oxygen atoms in total. The zero-order valence-electron chi connectivity index (χ0n) is 11.2. The highest BCUT2D eigenvalue weighted by atomic mass is 15.2. The molecule has 0 radical (unpaired) electrons. The van der Waals surface area contributed by atoms with Crippen LogP contribution in [0.1, 0.15) is 36.9 Å². The highest BCUT2D eigenvalue weighted by Crippen LogP contribution is 2.37. The highest BCUT2D eigenvalue weighted by molar-refractivity contribution is 5.29. The molecule has 2 unspecified atom stereocenters. The minimum Gasteiger partial charge on any atom is -0.329 e. The average molecular weight is 232 g/mol. The molecule has 1 aliphatic carbocycles. The number of likely N-dealkylation sites (N-methyl/N-ethyl adjacent to an activating group) is 1. The molecule has 0 aliphatic heterocycles. The van der Waals surface area contributed by atoms with E-state index in [9.17, 15) is 0 Å². The van der Waals surface area contributed by atoms with Gasteiger partial charge in [0.15, 0.2) is 0 Å². The maximum absolute atomic E-state index is 5.99. The molecule has 2 atom stereocenters. The van der Waals surface area contributed by atoms with E-state index in [-0.39, 0.29) is 0 Å². The Morgan fingerprint density at radius 1 is 1.35 bits per heavy atom. The predicted octanol–water partition coefficient (Wildman–Crippen LogP) is 2.73. The van der Waals surface area contributed by atoms with E-state index in [0.717, 1.165) is 5.92 Å². The van der Waals surface area contributed by atoms with Crippen LogP contribution in [0.3, 0.4) is 0 Å². The molecule has 0 amide bonds. The normalized spacial score (nSPS) is 19.4. The van der Waals surface area contributed by atoms with E-state index in [0.29, 0.717) is 18.6 Å². The van der Waals surface area contributed by atoms with Gasteiger partial charge >= 0.3 is 0 Å². The van der Waals surface area contributed by atoms with Crippen molar-refractivity contribution < 1.29 is 0 Å². The molecule has 0 heterocycles. The Morgan fingerprint density at radius 3 is 2.53 bits per heavy atom. The van der Waals surface area contributed by atoms with Crippen LogP contribution in [0.25, 0.3) is 0 Å². The van der Waals surface area contributed by atoms with Gasteiger partial charge < -0.3 is 5.73 Å². The summed E-state index contributed by atoms with van der Waals surface area (Å²) in [6, 6.07) is 9.59. The number of benzene rings is 1. The second kappa shape index (κ2) is 5.19. The quantitative estimate of drug-likeness (QED) is 0.846. The van der Waals surface area contributed by atoms with Crippen LogP contribution in [-0.2, 0) is 0 Å². The maximum Gasteiger partial charge on any atom is 0.0472 e. The molecular weight excluding hydrogens is 208 g/mol. The molecule has 2 rings (SSSR count). The standard InChI is InChI=1S/C15H24N2/c1-11-6-4-5-7-14(11)15(10-16)17(3)12(2)13-8-9-13/h4-7,12-13,15H,8-10,16H2,1-3H3. The van der Waals surface area contributed by atoms with E-state index >= 15 is 0 Å². The molecule has 17 heavy (non-hydrogen) atoms. The lowest BCUT2D eigenvalue weighted by Crippen LogP contribution is -2.38. The van der Waals surface area contributed by atoms with Gasteiger partial charge in [-0.25, -0.2) is 0 Å². The molecule has 1 aromatic carbocycles. The molecule has 0 bridgehead atoms. The van der Waals surface area contributed by atoms with Crippen LogP contribution >= 0.6 is 0 Å². The Morgan fingerprint density at radius 2 is 2.00 bits per heavy atom. The summed E-state index contributed by atoms with van der Waals surface area (Å²) in [6.45, 7) is 5.20. The third-order valence-electron chi connectivity index (χ3n) is 4.21. The van der Waals surface area contributed by atoms with Crippen LogP contribution in [0, 0.1) is 12.8 Å². The summed E-state index contributed by atoms with van der Waals surface area (Å²) < 4.78 is 0. The molecule has 0 aromatic heterocycles. The number of hydrogen-bond acceptors (Lipinski definition) is 2. The van der Waals surface area contributed by atoms with E-state index in [1.807, 2.05) is 0 Å². The van der Waals surface area contributed by atoms with Crippen molar-refractivity contribution in [2.24, 2.45) is 11.7 Å². The minimum absolute atomic E-state index is 0.354. The van der Waals surface area contributed by atoms with Crippen molar-refractivity contribution in [2.75, 3.05) is 13.6 Å². The van der Waals surface area contributed by atoms with Crippen LogP contribution in [0.15, 0.2) is 24.3 Å². The number of aryl methyl sites for hydroxylation is 1. The summed E-state index contributed by atoms with van der Waals surface area (Å²) in [7, 11) is 2.22. The third-order valence-corrected chi connectivity index (χ3v) is 4.21. The van der Waals surface area contributed by atoms with Crippen molar-refractivity contribution in [3.8, 4) is 0 Å². The zero-order valence-corrected chi connectivity index (χ0v) is 11.2. The largest absolute Gasteiger partial charge is 0.329 e. The molecule has 94 valence electrons. The van der Waals surface area contributed by atoms with Crippen molar-refractivity contribution in [1.82, 2.24) is 4.90 Å².